The molecule has 0 amide bonds. The second kappa shape index (κ2) is 8.43. The van der Waals surface area contributed by atoms with Crippen molar-refractivity contribution in [3.8, 4) is 22.4 Å². The number of pyridine rings is 1. The van der Waals surface area contributed by atoms with E-state index in [2.05, 4.69) is 0 Å². The third kappa shape index (κ3) is 3.47. The topological polar surface area (TPSA) is 74.7 Å². The predicted molar refractivity (Wildman–Crippen MR) is 137 cm³/mol. The van der Waals surface area contributed by atoms with Gasteiger partial charge in [0.15, 0.2) is 0 Å². The van der Waals surface area contributed by atoms with E-state index in [4.69, 9.17) is 4.74 Å². The standard InChI is InChI=1S/C28H25N3O4/c1-5-35-27(33)26-23(19-12-10-17(2)11-13-19)24(21-16-22(32)30(4)28(34)29(21)3)25-20-9-7-6-8-18(20)14-15-31(25)26/h6-16H,5H2,1-4H3. The molecule has 0 N–H and O–H groups in total. The van der Waals surface area contributed by atoms with E-state index in [-0.39, 0.29) is 6.61 Å². The number of fused-ring (bicyclic) bond motifs is 3. The molecule has 0 unspecified atom stereocenters. The highest BCUT2D eigenvalue weighted by molar-refractivity contribution is 6.13. The van der Waals surface area contributed by atoms with Crippen LogP contribution in [0.1, 0.15) is 23.0 Å². The van der Waals surface area contributed by atoms with Crippen LogP contribution in [0.4, 0.5) is 0 Å². The van der Waals surface area contributed by atoms with Crippen molar-refractivity contribution in [2.24, 2.45) is 14.1 Å². The van der Waals surface area contributed by atoms with Gasteiger partial charge in [0.1, 0.15) is 5.69 Å². The Balaban J connectivity index is 2.08. The summed E-state index contributed by atoms with van der Waals surface area (Å²) in [5.74, 6) is -0.478. The number of carbonyl (C=O) groups is 1. The van der Waals surface area contributed by atoms with Crippen LogP contribution in [-0.2, 0) is 18.8 Å². The molecule has 0 radical (unpaired) electrons. The molecule has 176 valence electrons. The zero-order valence-electron chi connectivity index (χ0n) is 20.0. The fourth-order valence-electron chi connectivity index (χ4n) is 4.64. The maximum Gasteiger partial charge on any atom is 0.355 e. The molecule has 5 rings (SSSR count). The van der Waals surface area contributed by atoms with E-state index in [1.807, 2.05) is 72.1 Å². The van der Waals surface area contributed by atoms with Gasteiger partial charge in [-0.05, 0) is 30.9 Å². The number of aryl methyl sites for hydroxylation is 1. The number of rotatable bonds is 4. The molecule has 0 aliphatic heterocycles. The molecule has 5 aromatic rings. The van der Waals surface area contributed by atoms with Crippen molar-refractivity contribution >= 4 is 22.3 Å². The Morgan fingerprint density at radius 2 is 1.63 bits per heavy atom. The third-order valence-corrected chi connectivity index (χ3v) is 6.42. The summed E-state index contributed by atoms with van der Waals surface area (Å²) in [5, 5.41) is 1.86. The van der Waals surface area contributed by atoms with Crippen LogP contribution in [0.15, 0.2) is 76.4 Å². The molecule has 7 heteroatoms. The van der Waals surface area contributed by atoms with Gasteiger partial charge in [-0.25, -0.2) is 9.59 Å². The smallest absolute Gasteiger partial charge is 0.355 e. The fourth-order valence-corrected chi connectivity index (χ4v) is 4.64. The summed E-state index contributed by atoms with van der Waals surface area (Å²) in [6.07, 6.45) is 1.84. The Hall–Kier alpha value is -4.39. The zero-order chi connectivity index (χ0) is 24.9. The van der Waals surface area contributed by atoms with E-state index < -0.39 is 17.2 Å². The predicted octanol–water partition coefficient (Wildman–Crippen LogP) is 4.31. The largest absolute Gasteiger partial charge is 0.461 e. The van der Waals surface area contributed by atoms with Gasteiger partial charge < -0.3 is 9.14 Å². The quantitative estimate of drug-likeness (QED) is 0.369. The van der Waals surface area contributed by atoms with Gasteiger partial charge in [0.05, 0.1) is 17.8 Å². The van der Waals surface area contributed by atoms with Gasteiger partial charge >= 0.3 is 11.7 Å². The molecule has 0 saturated heterocycles. The van der Waals surface area contributed by atoms with Crippen LogP contribution in [0.25, 0.3) is 38.7 Å². The molecule has 3 aromatic heterocycles. The summed E-state index contributed by atoms with van der Waals surface area (Å²) in [6.45, 7) is 3.97. The minimum atomic E-state index is -0.478. The first-order valence-electron chi connectivity index (χ1n) is 11.4. The van der Waals surface area contributed by atoms with Gasteiger partial charge in [-0.1, -0.05) is 54.1 Å². The molecule has 35 heavy (non-hydrogen) atoms. The lowest BCUT2D eigenvalue weighted by Gasteiger charge is -2.13. The number of aromatic nitrogens is 3. The Morgan fingerprint density at radius 3 is 2.34 bits per heavy atom. The average Bonchev–Trinajstić information content (AvgIpc) is 3.21. The van der Waals surface area contributed by atoms with E-state index in [1.165, 1.54) is 17.7 Å². The molecular weight excluding hydrogens is 442 g/mol. The highest BCUT2D eigenvalue weighted by Gasteiger charge is 2.29. The van der Waals surface area contributed by atoms with Crippen LogP contribution in [0.2, 0.25) is 0 Å². The number of nitrogens with zero attached hydrogens (tertiary/aromatic N) is 3. The number of hydrogen-bond acceptors (Lipinski definition) is 4. The second-order valence-corrected chi connectivity index (χ2v) is 8.58. The van der Waals surface area contributed by atoms with Crippen molar-refractivity contribution in [2.75, 3.05) is 6.61 Å². The summed E-state index contributed by atoms with van der Waals surface area (Å²) < 4.78 is 9.81. The lowest BCUT2D eigenvalue weighted by atomic mass is 9.96. The molecule has 0 saturated carbocycles. The van der Waals surface area contributed by atoms with Gasteiger partial charge in [-0.3, -0.25) is 13.9 Å². The molecule has 3 heterocycles. The Labute approximate surface area is 201 Å². The molecule has 7 nitrogen and oxygen atoms in total. The number of hydrogen-bond donors (Lipinski definition) is 0. The van der Waals surface area contributed by atoms with E-state index in [0.717, 1.165) is 32.0 Å². The highest BCUT2D eigenvalue weighted by Crippen LogP contribution is 2.42. The van der Waals surface area contributed by atoms with Crippen molar-refractivity contribution in [2.45, 2.75) is 13.8 Å². The number of esters is 1. The second-order valence-electron chi connectivity index (χ2n) is 8.58. The van der Waals surface area contributed by atoms with Crippen LogP contribution in [0, 0.1) is 6.92 Å². The lowest BCUT2D eigenvalue weighted by molar-refractivity contribution is 0.0519. The third-order valence-electron chi connectivity index (χ3n) is 6.42. The molecule has 0 fully saturated rings. The van der Waals surface area contributed by atoms with E-state index in [0.29, 0.717) is 22.5 Å². The minimum absolute atomic E-state index is 0.215. The lowest BCUT2D eigenvalue weighted by Crippen LogP contribution is -2.37. The molecule has 0 spiro atoms. The number of benzene rings is 2. The minimum Gasteiger partial charge on any atom is -0.461 e. The first-order chi connectivity index (χ1) is 16.8. The van der Waals surface area contributed by atoms with E-state index in [9.17, 15) is 14.4 Å². The average molecular weight is 468 g/mol. The van der Waals surface area contributed by atoms with Gasteiger partial charge in [0.2, 0.25) is 0 Å². The summed E-state index contributed by atoms with van der Waals surface area (Å²) in [4.78, 5) is 39.1. The maximum atomic E-state index is 13.4. The monoisotopic (exact) mass is 467 g/mol. The fraction of sp³-hybridized carbons (Fsp3) is 0.179. The van der Waals surface area contributed by atoms with Gasteiger partial charge in [0, 0.05) is 42.9 Å². The van der Waals surface area contributed by atoms with Crippen LogP contribution in [0.5, 0.6) is 0 Å². The summed E-state index contributed by atoms with van der Waals surface area (Å²) >= 11 is 0. The van der Waals surface area contributed by atoms with Gasteiger partial charge in [0.25, 0.3) is 5.56 Å². The van der Waals surface area contributed by atoms with Gasteiger partial charge in [-0.2, -0.15) is 0 Å². The zero-order valence-corrected chi connectivity index (χ0v) is 20.0. The van der Waals surface area contributed by atoms with Gasteiger partial charge in [-0.15, -0.1) is 0 Å². The number of ether oxygens (including phenoxy) is 1. The molecular formula is C28H25N3O4. The molecule has 0 bridgehead atoms. The Morgan fingerprint density at radius 1 is 0.914 bits per heavy atom. The maximum absolute atomic E-state index is 13.4. The summed E-state index contributed by atoms with van der Waals surface area (Å²) in [6, 6.07) is 19.1. The molecule has 0 atom stereocenters. The van der Waals surface area contributed by atoms with Crippen molar-refractivity contribution < 1.29 is 9.53 Å². The first-order valence-corrected chi connectivity index (χ1v) is 11.4. The van der Waals surface area contributed by atoms with E-state index in [1.54, 1.807) is 14.0 Å². The summed E-state index contributed by atoms with van der Waals surface area (Å²) in [7, 11) is 3.08. The Bertz CT molecular complexity index is 1740. The SMILES string of the molecule is CCOC(=O)c1c(-c2ccc(C)cc2)c(-c2cc(=O)n(C)c(=O)n2C)c2c3ccccc3ccn12. The summed E-state index contributed by atoms with van der Waals surface area (Å²) in [5.41, 5.74) is 3.74. The van der Waals surface area contributed by atoms with Crippen molar-refractivity contribution in [3.05, 3.63) is 99.0 Å². The highest BCUT2D eigenvalue weighted by atomic mass is 16.5. The molecule has 0 aliphatic carbocycles. The van der Waals surface area contributed by atoms with Crippen LogP contribution >= 0.6 is 0 Å². The normalized spacial score (nSPS) is 11.3. The van der Waals surface area contributed by atoms with Crippen LogP contribution in [0.3, 0.4) is 0 Å². The first kappa shape index (κ1) is 22.4. The molecule has 2 aromatic carbocycles. The van der Waals surface area contributed by atoms with E-state index >= 15 is 0 Å². The van der Waals surface area contributed by atoms with Crippen LogP contribution in [-0.4, -0.2) is 26.1 Å². The van der Waals surface area contributed by atoms with Crippen molar-refractivity contribution in [1.82, 2.24) is 13.5 Å². The molecule has 0 aliphatic rings. The van der Waals surface area contributed by atoms with Crippen molar-refractivity contribution in [1.29, 1.82) is 0 Å². The number of carbonyl (C=O) groups excluding carboxylic acids is 1. The Kier molecular flexibility index (Phi) is 5.40. The van der Waals surface area contributed by atoms with Crippen LogP contribution < -0.4 is 11.2 Å². The van der Waals surface area contributed by atoms with Crippen molar-refractivity contribution in [3.63, 3.8) is 0 Å².